The van der Waals surface area contributed by atoms with Crippen molar-refractivity contribution in [2.75, 3.05) is 0 Å². The SMILES string of the molecule is C=C(C)C(=O)O.CC(C)CCCC(O)(C(F)(F)F)C(F)(F)F. The minimum Gasteiger partial charge on any atom is -0.478 e. The highest BCUT2D eigenvalue weighted by Crippen LogP contribution is 2.46. The van der Waals surface area contributed by atoms with E-state index in [1.165, 1.54) is 6.92 Å². The highest BCUT2D eigenvalue weighted by Gasteiger charge is 2.69. The zero-order chi connectivity index (χ0) is 18.4. The average Bonchev–Trinajstić information content (AvgIpc) is 2.25. The van der Waals surface area contributed by atoms with Crippen molar-refractivity contribution in [2.24, 2.45) is 5.92 Å². The number of carboxylic acid groups (broad SMARTS) is 1. The van der Waals surface area contributed by atoms with Gasteiger partial charge in [0.15, 0.2) is 0 Å². The molecule has 0 rings (SSSR count). The molecule has 0 amide bonds. The van der Waals surface area contributed by atoms with Crippen molar-refractivity contribution in [1.82, 2.24) is 0 Å². The summed E-state index contributed by atoms with van der Waals surface area (Å²) in [6, 6.07) is 0. The summed E-state index contributed by atoms with van der Waals surface area (Å²) in [7, 11) is 0. The van der Waals surface area contributed by atoms with Gasteiger partial charge in [-0.3, -0.25) is 0 Å². The van der Waals surface area contributed by atoms with Gasteiger partial charge in [-0.1, -0.05) is 26.8 Å². The van der Waals surface area contributed by atoms with Gasteiger partial charge in [0.1, 0.15) is 0 Å². The van der Waals surface area contributed by atoms with Crippen LogP contribution in [-0.2, 0) is 4.79 Å². The highest BCUT2D eigenvalue weighted by atomic mass is 19.4. The normalized spacial score (nSPS) is 12.7. The van der Waals surface area contributed by atoms with E-state index in [-0.39, 0.29) is 24.3 Å². The summed E-state index contributed by atoms with van der Waals surface area (Å²) in [4.78, 5) is 9.60. The standard InChI is InChI=1S/C9H14F6O.C4H6O2/c1-6(2)4-3-5-7(16,8(10,11)12)9(13,14)15;1-3(2)4(5)6/h6,16H,3-5H2,1-2H3;1H2,2H3,(H,5,6). The summed E-state index contributed by atoms with van der Waals surface area (Å²) in [5.41, 5.74) is -4.41. The lowest BCUT2D eigenvalue weighted by Crippen LogP contribution is -2.56. The largest absolute Gasteiger partial charge is 0.478 e. The quantitative estimate of drug-likeness (QED) is 0.580. The lowest BCUT2D eigenvalue weighted by atomic mass is 9.93. The Morgan fingerprint density at radius 3 is 1.59 bits per heavy atom. The number of hydrogen-bond acceptors (Lipinski definition) is 2. The molecule has 0 fully saturated rings. The third kappa shape index (κ3) is 7.67. The summed E-state index contributed by atoms with van der Waals surface area (Å²) >= 11 is 0. The Morgan fingerprint density at radius 2 is 1.41 bits per heavy atom. The number of alkyl halides is 6. The van der Waals surface area contributed by atoms with E-state index in [9.17, 15) is 31.1 Å². The molecule has 0 heterocycles. The minimum atomic E-state index is -5.69. The van der Waals surface area contributed by atoms with Crippen molar-refractivity contribution in [1.29, 1.82) is 0 Å². The zero-order valence-corrected chi connectivity index (χ0v) is 12.5. The van der Waals surface area contributed by atoms with Crippen molar-refractivity contribution < 1.29 is 41.4 Å². The van der Waals surface area contributed by atoms with E-state index >= 15 is 0 Å². The van der Waals surface area contributed by atoms with E-state index in [1.54, 1.807) is 13.8 Å². The molecule has 0 spiro atoms. The molecular formula is C13H20F6O3. The molecule has 0 unspecified atom stereocenters. The third-order valence-corrected chi connectivity index (χ3v) is 2.62. The maximum absolute atomic E-state index is 12.2. The van der Waals surface area contributed by atoms with Crippen LogP contribution in [-0.4, -0.2) is 34.1 Å². The van der Waals surface area contributed by atoms with Crippen LogP contribution in [0.3, 0.4) is 0 Å². The molecule has 9 heteroatoms. The van der Waals surface area contributed by atoms with Crippen LogP contribution in [0.1, 0.15) is 40.0 Å². The summed E-state index contributed by atoms with van der Waals surface area (Å²) in [5.74, 6) is -0.944. The Bertz CT molecular complexity index is 345. The fourth-order valence-electron chi connectivity index (χ4n) is 1.21. The maximum Gasteiger partial charge on any atom is 0.426 e. The first-order chi connectivity index (χ1) is 9.56. The van der Waals surface area contributed by atoms with Gasteiger partial charge in [-0.05, 0) is 25.7 Å². The van der Waals surface area contributed by atoms with Gasteiger partial charge in [0.2, 0.25) is 0 Å². The van der Waals surface area contributed by atoms with E-state index in [0.717, 1.165) is 0 Å². The van der Waals surface area contributed by atoms with Crippen molar-refractivity contribution in [3.8, 4) is 0 Å². The van der Waals surface area contributed by atoms with Crippen LogP contribution in [0, 0.1) is 5.92 Å². The molecule has 0 aliphatic rings. The summed E-state index contributed by atoms with van der Waals surface area (Å²) in [5, 5.41) is 16.6. The molecule has 0 saturated carbocycles. The Labute approximate surface area is 124 Å². The monoisotopic (exact) mass is 338 g/mol. The Balaban J connectivity index is 0. The lowest BCUT2D eigenvalue weighted by Gasteiger charge is -2.32. The topological polar surface area (TPSA) is 57.5 Å². The fourth-order valence-corrected chi connectivity index (χ4v) is 1.21. The fraction of sp³-hybridized carbons (Fsp3) is 0.769. The molecule has 3 nitrogen and oxygen atoms in total. The van der Waals surface area contributed by atoms with Gasteiger partial charge < -0.3 is 10.2 Å². The number of aliphatic carboxylic acids is 1. The molecule has 0 aliphatic heterocycles. The van der Waals surface area contributed by atoms with Crippen LogP contribution in [0.15, 0.2) is 12.2 Å². The predicted octanol–water partition coefficient (Wildman–Crippen LogP) is 4.32. The Kier molecular flexibility index (Phi) is 8.79. The van der Waals surface area contributed by atoms with Crippen LogP contribution in [0.25, 0.3) is 0 Å². The van der Waals surface area contributed by atoms with Crippen molar-refractivity contribution in [3.63, 3.8) is 0 Å². The Morgan fingerprint density at radius 1 is 1.09 bits per heavy atom. The molecule has 0 aliphatic carbocycles. The first-order valence-electron chi connectivity index (χ1n) is 6.31. The predicted molar refractivity (Wildman–Crippen MR) is 68.2 cm³/mol. The van der Waals surface area contributed by atoms with Gasteiger partial charge in [-0.25, -0.2) is 4.79 Å². The second-order valence-corrected chi connectivity index (χ2v) is 5.23. The number of aliphatic hydroxyl groups is 1. The average molecular weight is 338 g/mol. The van der Waals surface area contributed by atoms with E-state index in [2.05, 4.69) is 6.58 Å². The van der Waals surface area contributed by atoms with E-state index in [4.69, 9.17) is 10.2 Å². The smallest absolute Gasteiger partial charge is 0.426 e. The molecule has 132 valence electrons. The number of carbonyl (C=O) groups is 1. The zero-order valence-electron chi connectivity index (χ0n) is 12.5. The summed E-state index contributed by atoms with van der Waals surface area (Å²) in [6.45, 7) is 7.96. The van der Waals surface area contributed by atoms with E-state index in [0.29, 0.717) is 0 Å². The van der Waals surface area contributed by atoms with E-state index < -0.39 is 30.3 Å². The van der Waals surface area contributed by atoms with Gasteiger partial charge >= 0.3 is 18.3 Å². The first kappa shape index (κ1) is 23.0. The molecular weight excluding hydrogens is 318 g/mol. The molecule has 0 aromatic rings. The van der Waals surface area contributed by atoms with Gasteiger partial charge in [0.25, 0.3) is 5.60 Å². The van der Waals surface area contributed by atoms with Crippen LogP contribution in [0.5, 0.6) is 0 Å². The van der Waals surface area contributed by atoms with Crippen molar-refractivity contribution in [3.05, 3.63) is 12.2 Å². The molecule has 0 aromatic heterocycles. The second kappa shape index (κ2) is 8.40. The number of rotatable bonds is 5. The van der Waals surface area contributed by atoms with Crippen LogP contribution in [0.2, 0.25) is 0 Å². The van der Waals surface area contributed by atoms with Crippen molar-refractivity contribution >= 4 is 5.97 Å². The highest BCUT2D eigenvalue weighted by molar-refractivity contribution is 5.84. The van der Waals surface area contributed by atoms with E-state index in [1.807, 2.05) is 0 Å². The van der Waals surface area contributed by atoms with Gasteiger partial charge in [0.05, 0.1) is 0 Å². The van der Waals surface area contributed by atoms with Crippen LogP contribution >= 0.6 is 0 Å². The third-order valence-electron chi connectivity index (χ3n) is 2.62. The van der Waals surface area contributed by atoms with Gasteiger partial charge in [-0.2, -0.15) is 26.3 Å². The van der Waals surface area contributed by atoms with Gasteiger partial charge in [0, 0.05) is 5.57 Å². The number of hydrogen-bond donors (Lipinski definition) is 2. The summed E-state index contributed by atoms with van der Waals surface area (Å²) in [6.07, 6.45) is -12.9. The molecule has 0 atom stereocenters. The number of carboxylic acids is 1. The van der Waals surface area contributed by atoms with Gasteiger partial charge in [-0.15, -0.1) is 0 Å². The summed E-state index contributed by atoms with van der Waals surface area (Å²) < 4.78 is 72.9. The molecule has 0 bridgehead atoms. The number of halogens is 6. The molecule has 22 heavy (non-hydrogen) atoms. The maximum atomic E-state index is 12.2. The molecule has 0 saturated heterocycles. The van der Waals surface area contributed by atoms with Crippen molar-refractivity contribution in [2.45, 2.75) is 58.0 Å². The Hall–Kier alpha value is -1.25. The van der Waals surface area contributed by atoms with Crippen LogP contribution < -0.4 is 0 Å². The molecule has 0 radical (unpaired) electrons. The molecule has 2 N–H and O–H groups in total. The second-order valence-electron chi connectivity index (χ2n) is 5.23. The van der Waals surface area contributed by atoms with Crippen LogP contribution in [0.4, 0.5) is 26.3 Å². The minimum absolute atomic E-state index is 0.00860. The molecule has 0 aromatic carbocycles. The first-order valence-corrected chi connectivity index (χ1v) is 6.31. The lowest BCUT2D eigenvalue weighted by molar-refractivity contribution is -0.370.